The van der Waals surface area contributed by atoms with Crippen molar-refractivity contribution in [3.05, 3.63) is 119 Å². The third-order valence-electron chi connectivity index (χ3n) is 9.99. The van der Waals surface area contributed by atoms with Crippen molar-refractivity contribution in [2.24, 2.45) is 11.8 Å². The van der Waals surface area contributed by atoms with Crippen molar-refractivity contribution in [2.75, 3.05) is 21.3 Å². The standard InChI is InChI=1S/C48H62N4O4/c1-45(2,3)31-17-13-21-35(25-31)49-41(53)29-39(43(55)51-37-23-15-19-33(27-37)47(7,8)9)40(44(56)52-38-24-16-20-34(28-38)48(10,11)12)30-42(54)50-36-22-14-18-32(26-36)46(4,5)6/h13-28,39-40H,29-30H2,1-12H3,(H,49,53)(H,50,54)(H,51,55)(H,52,56). The second-order valence-corrected chi connectivity index (χ2v) is 19.0. The quantitative estimate of drug-likeness (QED) is 0.122. The molecule has 4 rings (SSSR count). The van der Waals surface area contributed by atoms with Crippen LogP contribution < -0.4 is 21.3 Å². The van der Waals surface area contributed by atoms with Crippen LogP contribution in [0.1, 0.15) is 118 Å². The lowest BCUT2D eigenvalue weighted by Gasteiger charge is -2.27. The van der Waals surface area contributed by atoms with Crippen LogP contribution in [0, 0.1) is 11.8 Å². The largest absolute Gasteiger partial charge is 0.326 e. The monoisotopic (exact) mass is 758 g/mol. The predicted octanol–water partition coefficient (Wildman–Crippen LogP) is 10.7. The minimum absolute atomic E-state index is 0.155. The van der Waals surface area contributed by atoms with Crippen LogP contribution in [0.2, 0.25) is 0 Å². The second kappa shape index (κ2) is 17.3. The average Bonchev–Trinajstić information content (AvgIpc) is 3.08. The van der Waals surface area contributed by atoms with Crippen LogP contribution >= 0.6 is 0 Å². The Hall–Kier alpha value is -5.24. The first-order valence-electron chi connectivity index (χ1n) is 19.5. The summed E-state index contributed by atoms with van der Waals surface area (Å²) in [4.78, 5) is 56.9. The molecule has 0 aliphatic rings. The molecule has 0 aliphatic heterocycles. The summed E-state index contributed by atoms with van der Waals surface area (Å²) in [5.41, 5.74) is 5.62. The SMILES string of the molecule is CC(C)(C)c1cccc(NC(=O)CC(C(=O)Nc2cccc(C(C)(C)C)c2)C(CC(=O)Nc2cccc(C(C)(C)C)c2)C(=O)Nc2cccc(C(C)(C)C)c2)c1. The van der Waals surface area contributed by atoms with E-state index in [1.54, 1.807) is 24.3 Å². The molecule has 0 saturated carbocycles. The van der Waals surface area contributed by atoms with Gasteiger partial charge < -0.3 is 21.3 Å². The van der Waals surface area contributed by atoms with E-state index in [2.05, 4.69) is 104 Å². The van der Waals surface area contributed by atoms with Gasteiger partial charge in [0, 0.05) is 35.6 Å². The van der Waals surface area contributed by atoms with Crippen LogP contribution in [0.4, 0.5) is 22.7 Å². The van der Waals surface area contributed by atoms with Crippen molar-refractivity contribution in [1.29, 1.82) is 0 Å². The van der Waals surface area contributed by atoms with Crippen molar-refractivity contribution in [3.8, 4) is 0 Å². The van der Waals surface area contributed by atoms with Crippen LogP contribution in [0.15, 0.2) is 97.1 Å². The van der Waals surface area contributed by atoms with Gasteiger partial charge in [0.15, 0.2) is 0 Å². The van der Waals surface area contributed by atoms with Crippen molar-refractivity contribution < 1.29 is 19.2 Å². The highest BCUT2D eigenvalue weighted by atomic mass is 16.2. The fraction of sp³-hybridized carbons (Fsp3) is 0.417. The first-order chi connectivity index (χ1) is 25.9. The zero-order valence-electron chi connectivity index (χ0n) is 35.4. The third-order valence-corrected chi connectivity index (χ3v) is 9.99. The molecule has 0 saturated heterocycles. The molecule has 0 aliphatic carbocycles. The first-order valence-corrected chi connectivity index (χ1v) is 19.5. The van der Waals surface area contributed by atoms with E-state index >= 15 is 0 Å². The van der Waals surface area contributed by atoms with Crippen LogP contribution in [-0.4, -0.2) is 23.6 Å². The van der Waals surface area contributed by atoms with Crippen molar-refractivity contribution in [2.45, 2.75) is 118 Å². The molecule has 4 aromatic rings. The van der Waals surface area contributed by atoms with E-state index in [1.807, 2.05) is 72.8 Å². The predicted molar refractivity (Wildman–Crippen MR) is 231 cm³/mol. The number of anilines is 4. The zero-order valence-corrected chi connectivity index (χ0v) is 35.4. The van der Waals surface area contributed by atoms with E-state index < -0.39 is 35.5 Å². The van der Waals surface area contributed by atoms with Crippen LogP contribution in [0.25, 0.3) is 0 Å². The molecule has 0 spiro atoms. The molecule has 0 aromatic heterocycles. The number of carbonyl (C=O) groups excluding carboxylic acids is 4. The second-order valence-electron chi connectivity index (χ2n) is 19.0. The number of hydrogen-bond acceptors (Lipinski definition) is 4. The third kappa shape index (κ3) is 12.4. The molecule has 0 fully saturated rings. The zero-order chi connectivity index (χ0) is 41.6. The van der Waals surface area contributed by atoms with E-state index in [9.17, 15) is 19.2 Å². The Morgan fingerprint density at radius 2 is 0.625 bits per heavy atom. The number of carbonyl (C=O) groups is 4. The Labute approximate surface area is 334 Å². The molecule has 0 bridgehead atoms. The molecule has 0 radical (unpaired) electrons. The molecule has 4 N–H and O–H groups in total. The van der Waals surface area contributed by atoms with Gasteiger partial charge in [0.2, 0.25) is 23.6 Å². The van der Waals surface area contributed by atoms with Gasteiger partial charge in [-0.3, -0.25) is 19.2 Å². The van der Waals surface area contributed by atoms with Gasteiger partial charge in [-0.2, -0.15) is 0 Å². The minimum Gasteiger partial charge on any atom is -0.326 e. The molecule has 4 aromatic carbocycles. The number of benzene rings is 4. The van der Waals surface area contributed by atoms with Gasteiger partial charge in [0.1, 0.15) is 0 Å². The van der Waals surface area contributed by atoms with E-state index in [4.69, 9.17) is 0 Å². The first kappa shape index (κ1) is 43.5. The summed E-state index contributed by atoms with van der Waals surface area (Å²) in [6.07, 6.45) is -0.700. The van der Waals surface area contributed by atoms with Gasteiger partial charge in [-0.15, -0.1) is 0 Å². The number of nitrogens with one attached hydrogen (secondary N) is 4. The molecular weight excluding hydrogens is 697 g/mol. The smallest absolute Gasteiger partial charge is 0.228 e. The van der Waals surface area contributed by atoms with Gasteiger partial charge in [-0.25, -0.2) is 0 Å². The molecule has 8 nitrogen and oxygen atoms in total. The van der Waals surface area contributed by atoms with E-state index in [0.717, 1.165) is 22.3 Å². The molecule has 0 heterocycles. The van der Waals surface area contributed by atoms with Crippen molar-refractivity contribution >= 4 is 46.4 Å². The van der Waals surface area contributed by atoms with Gasteiger partial charge in [0.25, 0.3) is 0 Å². The summed E-state index contributed by atoms with van der Waals surface area (Å²) in [5, 5.41) is 11.9. The maximum atomic E-state index is 14.5. The highest BCUT2D eigenvalue weighted by molar-refractivity contribution is 6.05. The number of hydrogen-bond donors (Lipinski definition) is 4. The maximum Gasteiger partial charge on any atom is 0.228 e. The van der Waals surface area contributed by atoms with Crippen LogP contribution in [0.3, 0.4) is 0 Å². The summed E-state index contributed by atoms with van der Waals surface area (Å²) >= 11 is 0. The highest BCUT2D eigenvalue weighted by Gasteiger charge is 2.38. The maximum absolute atomic E-state index is 14.5. The minimum atomic E-state index is -1.23. The molecule has 298 valence electrons. The van der Waals surface area contributed by atoms with Gasteiger partial charge in [0.05, 0.1) is 11.8 Å². The lowest BCUT2D eigenvalue weighted by molar-refractivity contribution is -0.134. The summed E-state index contributed by atoms with van der Waals surface area (Å²) in [5.74, 6) is -4.44. The normalized spacial score (nSPS) is 13.3. The highest BCUT2D eigenvalue weighted by Crippen LogP contribution is 2.31. The summed E-state index contributed by atoms with van der Waals surface area (Å²) in [6.45, 7) is 25.0. The summed E-state index contributed by atoms with van der Waals surface area (Å²) < 4.78 is 0. The Balaban J connectivity index is 1.76. The van der Waals surface area contributed by atoms with E-state index in [-0.39, 0.29) is 34.5 Å². The molecular formula is C48H62N4O4. The van der Waals surface area contributed by atoms with Gasteiger partial charge in [-0.05, 0) is 92.4 Å². The number of rotatable bonds is 11. The van der Waals surface area contributed by atoms with Crippen molar-refractivity contribution in [3.63, 3.8) is 0 Å². The lowest BCUT2D eigenvalue weighted by Crippen LogP contribution is -2.40. The Bertz CT molecular complexity index is 1890. The Morgan fingerprint density at radius 1 is 0.393 bits per heavy atom. The fourth-order valence-electron chi connectivity index (χ4n) is 6.38. The molecule has 2 atom stereocenters. The molecule has 2 unspecified atom stereocenters. The average molecular weight is 759 g/mol. The summed E-state index contributed by atoms with van der Waals surface area (Å²) in [7, 11) is 0. The number of amides is 4. The fourth-order valence-corrected chi connectivity index (χ4v) is 6.38. The van der Waals surface area contributed by atoms with Gasteiger partial charge >= 0.3 is 0 Å². The van der Waals surface area contributed by atoms with E-state index in [0.29, 0.717) is 22.7 Å². The van der Waals surface area contributed by atoms with Crippen molar-refractivity contribution in [1.82, 2.24) is 0 Å². The van der Waals surface area contributed by atoms with Gasteiger partial charge in [-0.1, -0.05) is 132 Å². The lowest BCUT2D eigenvalue weighted by atomic mass is 9.83. The molecule has 8 heteroatoms. The Kier molecular flexibility index (Phi) is 13.4. The molecule has 4 amide bonds. The van der Waals surface area contributed by atoms with E-state index in [1.165, 1.54) is 0 Å². The molecule has 56 heavy (non-hydrogen) atoms. The topological polar surface area (TPSA) is 116 Å². The van der Waals surface area contributed by atoms with Crippen LogP contribution in [-0.2, 0) is 40.8 Å². The summed E-state index contributed by atoms with van der Waals surface area (Å²) in [6, 6.07) is 30.3. The Morgan fingerprint density at radius 3 is 0.857 bits per heavy atom. The van der Waals surface area contributed by atoms with Crippen LogP contribution in [0.5, 0.6) is 0 Å².